The van der Waals surface area contributed by atoms with Gasteiger partial charge in [0.05, 0.1) is 16.9 Å². The summed E-state index contributed by atoms with van der Waals surface area (Å²) < 4.78 is 11.2. The predicted octanol–water partition coefficient (Wildman–Crippen LogP) is 3.57. The number of amides is 1. The average molecular weight is 399 g/mol. The van der Waals surface area contributed by atoms with Gasteiger partial charge < -0.3 is 14.8 Å². The lowest BCUT2D eigenvalue weighted by molar-refractivity contribution is -0.380. The van der Waals surface area contributed by atoms with Crippen LogP contribution in [0.4, 0.5) is 5.00 Å². The number of hydrogen-bond donors (Lipinski definition) is 1. The number of benzene rings is 1. The summed E-state index contributed by atoms with van der Waals surface area (Å²) in [5, 5.41) is 13.4. The molecule has 0 atom stereocenters. The molecule has 0 saturated heterocycles. The van der Waals surface area contributed by atoms with E-state index >= 15 is 0 Å². The molecule has 1 aromatic carbocycles. The number of thiophene rings is 1. The van der Waals surface area contributed by atoms with E-state index in [0.29, 0.717) is 18.1 Å². The van der Waals surface area contributed by atoms with Gasteiger partial charge in [0.2, 0.25) is 0 Å². The predicted molar refractivity (Wildman–Crippen MR) is 104 cm³/mol. The zero-order valence-corrected chi connectivity index (χ0v) is 15.8. The Hall–Kier alpha value is -3.46. The highest BCUT2D eigenvalue weighted by atomic mass is 32.1. The Labute approximate surface area is 164 Å². The van der Waals surface area contributed by atoms with Gasteiger partial charge in [0, 0.05) is 25.0 Å². The van der Waals surface area contributed by atoms with E-state index in [4.69, 9.17) is 9.47 Å². The number of pyridine rings is 1. The Morgan fingerprint density at radius 3 is 2.61 bits per heavy atom. The summed E-state index contributed by atoms with van der Waals surface area (Å²) in [4.78, 5) is 26.6. The van der Waals surface area contributed by atoms with Gasteiger partial charge in [-0.3, -0.25) is 19.9 Å². The number of nitrogens with zero attached hydrogens (tertiary/aromatic N) is 2. The summed E-state index contributed by atoms with van der Waals surface area (Å²) >= 11 is 0.839. The van der Waals surface area contributed by atoms with Gasteiger partial charge in [0.25, 0.3) is 5.91 Å². The molecule has 2 heterocycles. The fourth-order valence-corrected chi connectivity index (χ4v) is 3.14. The monoisotopic (exact) mass is 399 g/mol. The molecule has 0 aliphatic rings. The first-order valence-electron chi connectivity index (χ1n) is 8.28. The van der Waals surface area contributed by atoms with Gasteiger partial charge in [-0.25, -0.2) is 0 Å². The standard InChI is InChI=1S/C19H17N3O5S/c1-26-16-10-14(2-3-15(16)27-12-13-6-8-20-9-7-13)11-21-19(23)17-4-5-18(28-17)22(24)25/h2-10H,11-12H2,1H3,(H,21,23). The number of rotatable bonds is 8. The second kappa shape index (κ2) is 8.96. The maximum absolute atomic E-state index is 12.2. The Kier molecular flexibility index (Phi) is 6.18. The van der Waals surface area contributed by atoms with Gasteiger partial charge in [0.1, 0.15) is 6.61 Å². The molecule has 0 saturated carbocycles. The van der Waals surface area contributed by atoms with Gasteiger partial charge in [-0.1, -0.05) is 17.4 Å². The van der Waals surface area contributed by atoms with Gasteiger partial charge in [-0.05, 0) is 41.5 Å². The molecule has 0 spiro atoms. The Morgan fingerprint density at radius 1 is 1.14 bits per heavy atom. The number of carbonyl (C=O) groups is 1. The first-order valence-corrected chi connectivity index (χ1v) is 9.09. The van der Waals surface area contributed by atoms with Crippen LogP contribution in [0.2, 0.25) is 0 Å². The zero-order valence-electron chi connectivity index (χ0n) is 15.0. The van der Waals surface area contributed by atoms with Crippen molar-refractivity contribution < 1.29 is 19.2 Å². The Bertz CT molecular complexity index is 975. The fraction of sp³-hybridized carbons (Fsp3) is 0.158. The molecule has 28 heavy (non-hydrogen) atoms. The number of carbonyl (C=O) groups excluding carboxylic acids is 1. The second-order valence-electron chi connectivity index (χ2n) is 5.71. The average Bonchev–Trinajstić information content (AvgIpc) is 3.22. The van der Waals surface area contributed by atoms with Crippen LogP contribution >= 0.6 is 11.3 Å². The molecule has 2 aromatic heterocycles. The van der Waals surface area contributed by atoms with Crippen molar-refractivity contribution in [3.05, 3.63) is 81.0 Å². The van der Waals surface area contributed by atoms with Gasteiger partial charge in [0.15, 0.2) is 11.5 Å². The lowest BCUT2D eigenvalue weighted by Crippen LogP contribution is -2.21. The van der Waals surface area contributed by atoms with Crippen LogP contribution < -0.4 is 14.8 Å². The minimum Gasteiger partial charge on any atom is -0.493 e. The molecular weight excluding hydrogens is 382 g/mol. The smallest absolute Gasteiger partial charge is 0.324 e. The lowest BCUT2D eigenvalue weighted by Gasteiger charge is -2.12. The lowest BCUT2D eigenvalue weighted by atomic mass is 10.2. The molecule has 144 valence electrons. The fourth-order valence-electron chi connectivity index (χ4n) is 2.40. The maximum atomic E-state index is 12.2. The number of nitro groups is 1. The van der Waals surface area contributed by atoms with Crippen LogP contribution in [0.3, 0.4) is 0 Å². The third-order valence-electron chi connectivity index (χ3n) is 3.82. The molecule has 0 aliphatic carbocycles. The van der Waals surface area contributed by atoms with E-state index in [1.165, 1.54) is 12.1 Å². The minimum absolute atomic E-state index is 0.0671. The number of hydrogen-bond acceptors (Lipinski definition) is 7. The highest BCUT2D eigenvalue weighted by molar-refractivity contribution is 7.17. The van der Waals surface area contributed by atoms with Crippen molar-refractivity contribution >= 4 is 22.2 Å². The van der Waals surface area contributed by atoms with Crippen LogP contribution in [0, 0.1) is 10.1 Å². The second-order valence-corrected chi connectivity index (χ2v) is 6.77. The van der Waals surface area contributed by atoms with Gasteiger partial charge in [-0.2, -0.15) is 0 Å². The van der Waals surface area contributed by atoms with Gasteiger partial charge >= 0.3 is 5.00 Å². The summed E-state index contributed by atoms with van der Waals surface area (Å²) in [5.41, 5.74) is 1.80. The van der Waals surface area contributed by atoms with E-state index in [1.807, 2.05) is 18.2 Å². The third-order valence-corrected chi connectivity index (χ3v) is 4.86. The first-order chi connectivity index (χ1) is 13.6. The Morgan fingerprint density at radius 2 is 1.93 bits per heavy atom. The van der Waals surface area contributed by atoms with E-state index in [0.717, 1.165) is 22.5 Å². The molecule has 0 bridgehead atoms. The molecule has 0 aliphatic heterocycles. The molecule has 9 heteroatoms. The van der Waals surface area contributed by atoms with E-state index < -0.39 is 4.92 Å². The van der Waals surface area contributed by atoms with Crippen LogP contribution in [0.15, 0.2) is 54.9 Å². The SMILES string of the molecule is COc1cc(CNC(=O)c2ccc([N+](=O)[O-])s2)ccc1OCc1ccncc1. The van der Waals surface area contributed by atoms with E-state index in [-0.39, 0.29) is 22.3 Å². The summed E-state index contributed by atoms with van der Waals surface area (Å²) in [6.45, 7) is 0.637. The highest BCUT2D eigenvalue weighted by Gasteiger charge is 2.15. The van der Waals surface area contributed by atoms with Crippen LogP contribution in [0.1, 0.15) is 20.8 Å². The molecule has 3 rings (SSSR count). The van der Waals surface area contributed by atoms with E-state index in [9.17, 15) is 14.9 Å². The summed E-state index contributed by atoms with van der Waals surface area (Å²) in [6, 6.07) is 11.9. The number of nitrogens with one attached hydrogen (secondary N) is 1. The normalized spacial score (nSPS) is 10.3. The molecule has 0 unspecified atom stereocenters. The van der Waals surface area contributed by atoms with Crippen LogP contribution in [0.25, 0.3) is 0 Å². The molecule has 0 fully saturated rings. The number of ether oxygens (including phenoxy) is 2. The summed E-state index contributed by atoms with van der Waals surface area (Å²) in [7, 11) is 1.54. The third kappa shape index (κ3) is 4.83. The topological polar surface area (TPSA) is 104 Å². The molecule has 1 N–H and O–H groups in total. The number of aromatic nitrogens is 1. The van der Waals surface area contributed by atoms with Crippen molar-refractivity contribution in [1.82, 2.24) is 10.3 Å². The molecule has 3 aromatic rings. The van der Waals surface area contributed by atoms with Crippen molar-refractivity contribution in [3.8, 4) is 11.5 Å². The Balaban J connectivity index is 1.61. The number of methoxy groups -OCH3 is 1. The molecular formula is C19H17N3O5S. The zero-order chi connectivity index (χ0) is 19.9. The largest absolute Gasteiger partial charge is 0.493 e. The quantitative estimate of drug-likeness (QED) is 0.459. The molecule has 0 radical (unpaired) electrons. The first kappa shape index (κ1) is 19.3. The van der Waals surface area contributed by atoms with Gasteiger partial charge in [-0.15, -0.1) is 0 Å². The highest BCUT2D eigenvalue weighted by Crippen LogP contribution is 2.29. The van der Waals surface area contributed by atoms with Crippen molar-refractivity contribution in [2.75, 3.05) is 7.11 Å². The minimum atomic E-state index is -0.517. The van der Waals surface area contributed by atoms with Crippen LogP contribution in [0.5, 0.6) is 11.5 Å². The molecule has 8 nitrogen and oxygen atoms in total. The van der Waals surface area contributed by atoms with Crippen LogP contribution in [-0.4, -0.2) is 22.9 Å². The van der Waals surface area contributed by atoms with Crippen molar-refractivity contribution in [2.45, 2.75) is 13.2 Å². The maximum Gasteiger partial charge on any atom is 0.324 e. The van der Waals surface area contributed by atoms with E-state index in [2.05, 4.69) is 10.3 Å². The van der Waals surface area contributed by atoms with Crippen molar-refractivity contribution in [3.63, 3.8) is 0 Å². The van der Waals surface area contributed by atoms with Crippen LogP contribution in [-0.2, 0) is 13.2 Å². The van der Waals surface area contributed by atoms with Crippen molar-refractivity contribution in [1.29, 1.82) is 0 Å². The molecule has 1 amide bonds. The van der Waals surface area contributed by atoms with Crippen molar-refractivity contribution in [2.24, 2.45) is 0 Å². The van der Waals surface area contributed by atoms with E-state index in [1.54, 1.807) is 31.6 Å². The summed E-state index contributed by atoms with van der Waals surface area (Å²) in [5.74, 6) is 0.769. The summed E-state index contributed by atoms with van der Waals surface area (Å²) in [6.07, 6.45) is 3.40.